The van der Waals surface area contributed by atoms with Crippen LogP contribution in [0.15, 0.2) is 5.16 Å². The van der Waals surface area contributed by atoms with Gasteiger partial charge in [-0.05, 0) is 30.6 Å². The first kappa shape index (κ1) is 16.1. The van der Waals surface area contributed by atoms with Crippen LogP contribution in [0.1, 0.15) is 40.0 Å². The Morgan fingerprint density at radius 2 is 2.29 bits per heavy atom. The van der Waals surface area contributed by atoms with Crippen molar-refractivity contribution in [2.24, 2.45) is 17.8 Å². The van der Waals surface area contributed by atoms with Crippen LogP contribution in [0.4, 0.5) is 5.95 Å². The van der Waals surface area contributed by atoms with Gasteiger partial charge in [-0.2, -0.15) is 4.98 Å². The summed E-state index contributed by atoms with van der Waals surface area (Å²) in [4.78, 5) is 16.0. The van der Waals surface area contributed by atoms with Crippen molar-refractivity contribution in [3.05, 3.63) is 0 Å². The fraction of sp³-hybridized carbons (Fsp3) is 0.786. The molecular weight excluding hydrogens is 288 g/mol. The second-order valence-corrected chi connectivity index (χ2v) is 7.09. The van der Waals surface area contributed by atoms with Gasteiger partial charge in [0.15, 0.2) is 0 Å². The average molecular weight is 312 g/mol. The highest BCUT2D eigenvalue weighted by Crippen LogP contribution is 2.35. The van der Waals surface area contributed by atoms with E-state index in [4.69, 9.17) is 10.5 Å². The summed E-state index contributed by atoms with van der Waals surface area (Å²) in [5, 5.41) is 6.90. The van der Waals surface area contributed by atoms with Crippen molar-refractivity contribution in [3.63, 3.8) is 0 Å². The fourth-order valence-corrected chi connectivity index (χ4v) is 3.49. The summed E-state index contributed by atoms with van der Waals surface area (Å²) in [6.45, 7) is 6.63. The first-order valence-electron chi connectivity index (χ1n) is 7.46. The van der Waals surface area contributed by atoms with Crippen molar-refractivity contribution < 1.29 is 9.53 Å². The number of H-pyrrole nitrogens is 1. The number of ether oxygens (including phenoxy) is 1. The summed E-state index contributed by atoms with van der Waals surface area (Å²) in [7, 11) is 0. The molecule has 1 saturated carbocycles. The number of hydrogen-bond acceptors (Lipinski definition) is 6. The zero-order valence-corrected chi connectivity index (χ0v) is 13.7. The van der Waals surface area contributed by atoms with Crippen LogP contribution in [0.3, 0.4) is 0 Å². The molecule has 0 amide bonds. The van der Waals surface area contributed by atoms with E-state index >= 15 is 0 Å². The minimum absolute atomic E-state index is 0.0408. The Morgan fingerprint density at radius 1 is 1.52 bits per heavy atom. The van der Waals surface area contributed by atoms with E-state index in [0.29, 0.717) is 22.9 Å². The fourth-order valence-electron chi connectivity index (χ4n) is 2.90. The number of thioether (sulfide) groups is 1. The van der Waals surface area contributed by atoms with Crippen molar-refractivity contribution in [2.45, 2.75) is 51.3 Å². The molecule has 1 aliphatic carbocycles. The minimum atomic E-state index is -0.201. The largest absolute Gasteiger partial charge is 0.461 e. The van der Waals surface area contributed by atoms with Crippen molar-refractivity contribution >= 4 is 23.7 Å². The van der Waals surface area contributed by atoms with Crippen LogP contribution in [0.25, 0.3) is 0 Å². The van der Waals surface area contributed by atoms with Gasteiger partial charge in [0.25, 0.3) is 0 Å². The van der Waals surface area contributed by atoms with E-state index in [-0.39, 0.29) is 23.8 Å². The van der Waals surface area contributed by atoms with Crippen LogP contribution in [0, 0.1) is 17.8 Å². The van der Waals surface area contributed by atoms with Crippen LogP contribution < -0.4 is 5.73 Å². The van der Waals surface area contributed by atoms with Gasteiger partial charge in [-0.3, -0.25) is 4.79 Å². The molecule has 1 heterocycles. The van der Waals surface area contributed by atoms with Crippen molar-refractivity contribution in [1.29, 1.82) is 0 Å². The lowest BCUT2D eigenvalue weighted by Crippen LogP contribution is -2.36. The number of nitrogens with one attached hydrogen (secondary N) is 1. The van der Waals surface area contributed by atoms with Gasteiger partial charge in [0, 0.05) is 0 Å². The molecule has 7 heteroatoms. The molecule has 6 nitrogen and oxygen atoms in total. The predicted molar refractivity (Wildman–Crippen MR) is 82.7 cm³/mol. The number of nitrogens with two attached hydrogens (primary N) is 1. The smallest absolute Gasteiger partial charge is 0.316 e. The van der Waals surface area contributed by atoms with E-state index in [1.54, 1.807) is 0 Å². The Bertz CT molecular complexity index is 477. The predicted octanol–water partition coefficient (Wildman–Crippen LogP) is 2.48. The highest BCUT2D eigenvalue weighted by molar-refractivity contribution is 7.99. The molecule has 1 aromatic rings. The van der Waals surface area contributed by atoms with Gasteiger partial charge in [-0.1, -0.05) is 39.0 Å². The highest BCUT2D eigenvalue weighted by Gasteiger charge is 2.33. The third-order valence-corrected chi connectivity index (χ3v) is 4.87. The monoisotopic (exact) mass is 312 g/mol. The number of anilines is 1. The second kappa shape index (κ2) is 7.15. The molecule has 0 aromatic carbocycles. The van der Waals surface area contributed by atoms with Crippen LogP contribution in [0.2, 0.25) is 0 Å². The number of hydrogen-bond donors (Lipinski definition) is 2. The third kappa shape index (κ3) is 4.62. The Balaban J connectivity index is 1.84. The van der Waals surface area contributed by atoms with E-state index < -0.39 is 0 Å². The molecule has 0 bridgehead atoms. The molecule has 0 aliphatic heterocycles. The first-order valence-corrected chi connectivity index (χ1v) is 8.44. The number of aromatic amines is 1. The maximum Gasteiger partial charge on any atom is 0.316 e. The minimum Gasteiger partial charge on any atom is -0.461 e. The van der Waals surface area contributed by atoms with E-state index in [1.165, 1.54) is 18.2 Å². The van der Waals surface area contributed by atoms with Gasteiger partial charge < -0.3 is 10.5 Å². The summed E-state index contributed by atoms with van der Waals surface area (Å²) in [5.74, 6) is 1.90. The molecule has 118 valence electrons. The molecule has 0 radical (unpaired) electrons. The Hall–Kier alpha value is -1.24. The van der Waals surface area contributed by atoms with E-state index in [0.717, 1.165) is 12.8 Å². The topological polar surface area (TPSA) is 93.9 Å². The number of nitrogens with zero attached hydrogens (tertiary/aromatic N) is 2. The lowest BCUT2D eigenvalue weighted by Gasteiger charge is -2.36. The number of esters is 1. The maximum atomic E-state index is 12.0. The quantitative estimate of drug-likeness (QED) is 0.641. The van der Waals surface area contributed by atoms with Gasteiger partial charge in [-0.25, -0.2) is 5.10 Å². The van der Waals surface area contributed by atoms with Gasteiger partial charge in [0.2, 0.25) is 11.1 Å². The lowest BCUT2D eigenvalue weighted by atomic mass is 9.75. The van der Waals surface area contributed by atoms with Gasteiger partial charge in [0.05, 0.1) is 5.75 Å². The highest BCUT2D eigenvalue weighted by atomic mass is 32.2. The van der Waals surface area contributed by atoms with E-state index in [2.05, 4.69) is 36.0 Å². The standard InChI is InChI=1S/C14H24N4O2S/c1-8(2)10-5-4-9(3)6-11(10)20-12(19)7-21-14-16-13(15)17-18-14/h8-11H,4-7H2,1-3H3,(H3,15,16,17,18)/t9-,10-,11-/m1/s1. The van der Waals surface area contributed by atoms with Crippen molar-refractivity contribution in [2.75, 3.05) is 11.5 Å². The van der Waals surface area contributed by atoms with Crippen LogP contribution in [-0.2, 0) is 9.53 Å². The zero-order valence-electron chi connectivity index (χ0n) is 12.8. The van der Waals surface area contributed by atoms with Gasteiger partial charge in [-0.15, -0.1) is 5.10 Å². The summed E-state index contributed by atoms with van der Waals surface area (Å²) in [6, 6.07) is 0. The van der Waals surface area contributed by atoms with Crippen LogP contribution in [-0.4, -0.2) is 33.0 Å². The Morgan fingerprint density at radius 3 is 2.90 bits per heavy atom. The lowest BCUT2D eigenvalue weighted by molar-refractivity contribution is -0.152. The SMILES string of the molecule is CC(C)[C@H]1CC[C@@H](C)C[C@H]1OC(=O)CSc1n[nH]c(N)n1. The summed E-state index contributed by atoms with van der Waals surface area (Å²) < 4.78 is 5.71. The van der Waals surface area contributed by atoms with Crippen LogP contribution >= 0.6 is 11.8 Å². The molecule has 0 saturated heterocycles. The molecule has 0 unspecified atom stereocenters. The molecule has 2 rings (SSSR count). The normalized spacial score (nSPS) is 26.0. The van der Waals surface area contributed by atoms with E-state index in [1.807, 2.05) is 0 Å². The molecule has 21 heavy (non-hydrogen) atoms. The first-order chi connectivity index (χ1) is 9.95. The average Bonchev–Trinajstić information content (AvgIpc) is 2.82. The third-order valence-electron chi connectivity index (χ3n) is 4.05. The molecule has 3 N–H and O–H groups in total. The number of rotatable bonds is 5. The maximum absolute atomic E-state index is 12.0. The van der Waals surface area contributed by atoms with Crippen molar-refractivity contribution in [3.8, 4) is 0 Å². The molecule has 1 aromatic heterocycles. The molecular formula is C14H24N4O2S. The Kier molecular flexibility index (Phi) is 5.50. The van der Waals surface area contributed by atoms with Gasteiger partial charge in [0.1, 0.15) is 6.10 Å². The van der Waals surface area contributed by atoms with Crippen LogP contribution in [0.5, 0.6) is 0 Å². The number of nitrogen functional groups attached to an aromatic ring is 1. The van der Waals surface area contributed by atoms with Crippen molar-refractivity contribution in [1.82, 2.24) is 15.2 Å². The number of carbonyl (C=O) groups excluding carboxylic acids is 1. The van der Waals surface area contributed by atoms with Gasteiger partial charge >= 0.3 is 5.97 Å². The number of carbonyl (C=O) groups is 1. The summed E-state index contributed by atoms with van der Waals surface area (Å²) >= 11 is 1.24. The second-order valence-electron chi connectivity index (χ2n) is 6.15. The van der Waals surface area contributed by atoms with E-state index in [9.17, 15) is 4.79 Å². The molecule has 3 atom stereocenters. The molecule has 1 aliphatic rings. The Labute approximate surface area is 129 Å². The molecule has 0 spiro atoms. The number of aromatic nitrogens is 3. The summed E-state index contributed by atoms with van der Waals surface area (Å²) in [6.07, 6.45) is 3.37. The summed E-state index contributed by atoms with van der Waals surface area (Å²) in [5.41, 5.74) is 5.44. The molecule has 1 fully saturated rings. The zero-order chi connectivity index (χ0) is 15.4.